The summed E-state index contributed by atoms with van der Waals surface area (Å²) in [6.45, 7) is 5.46. The van der Waals surface area contributed by atoms with E-state index in [9.17, 15) is 0 Å². The molecule has 0 atom stereocenters. The summed E-state index contributed by atoms with van der Waals surface area (Å²) in [6, 6.07) is 10.1. The van der Waals surface area contributed by atoms with Crippen LogP contribution >= 0.6 is 0 Å². The van der Waals surface area contributed by atoms with Crippen LogP contribution in [0.4, 0.5) is 0 Å². The van der Waals surface area contributed by atoms with E-state index >= 15 is 0 Å². The summed E-state index contributed by atoms with van der Waals surface area (Å²) in [4.78, 5) is 4.67. The van der Waals surface area contributed by atoms with Crippen LogP contribution in [-0.4, -0.2) is 24.5 Å². The molecule has 0 saturated carbocycles. The number of hydrogen-bond acceptors (Lipinski definition) is 3. The molecule has 3 heterocycles. The normalized spacial score (nSPS) is 10.9. The molecule has 3 aromatic heterocycles. The molecular weight excluding hydrogens is 250 g/mol. The van der Waals surface area contributed by atoms with Crippen molar-refractivity contribution in [2.45, 2.75) is 26.9 Å². The first-order valence-electron chi connectivity index (χ1n) is 6.64. The molecule has 3 rings (SSSR count). The molecule has 0 radical (unpaired) electrons. The average Bonchev–Trinajstić information content (AvgIpc) is 3.01. The van der Waals surface area contributed by atoms with Gasteiger partial charge in [-0.1, -0.05) is 6.07 Å². The van der Waals surface area contributed by atoms with E-state index in [1.165, 1.54) is 0 Å². The highest BCUT2D eigenvalue weighted by atomic mass is 15.3. The van der Waals surface area contributed by atoms with Gasteiger partial charge in [0.25, 0.3) is 0 Å². The minimum atomic E-state index is 0.692. The van der Waals surface area contributed by atoms with Crippen molar-refractivity contribution in [2.75, 3.05) is 0 Å². The second-order valence-electron chi connectivity index (χ2n) is 4.91. The van der Waals surface area contributed by atoms with Crippen LogP contribution in [0.3, 0.4) is 0 Å². The Bertz CT molecular complexity index is 697. The summed E-state index contributed by atoms with van der Waals surface area (Å²) in [5.74, 6) is 0. The summed E-state index contributed by atoms with van der Waals surface area (Å²) in [7, 11) is 0. The second-order valence-corrected chi connectivity index (χ2v) is 4.91. The lowest BCUT2D eigenvalue weighted by atomic mass is 10.3. The Hall–Kier alpha value is -2.43. The zero-order valence-corrected chi connectivity index (χ0v) is 11.7. The quantitative estimate of drug-likeness (QED) is 0.728. The van der Waals surface area contributed by atoms with Gasteiger partial charge >= 0.3 is 0 Å². The third kappa shape index (κ3) is 2.77. The summed E-state index contributed by atoms with van der Waals surface area (Å²) < 4.78 is 3.85. The van der Waals surface area contributed by atoms with E-state index in [2.05, 4.69) is 28.2 Å². The molecule has 0 aliphatic heterocycles. The van der Waals surface area contributed by atoms with Gasteiger partial charge in [0, 0.05) is 18.1 Å². The van der Waals surface area contributed by atoms with Gasteiger partial charge in [0.15, 0.2) is 0 Å². The Kier molecular flexibility index (Phi) is 3.33. The standard InChI is InChI=1S/C15H17N5/c1-12-9-13(2)20(18-12)11-15-6-3-5-14(17-15)10-19-8-4-7-16-19/h3-9H,10-11H2,1-2H3. The molecule has 5 nitrogen and oxygen atoms in total. The highest BCUT2D eigenvalue weighted by Gasteiger charge is 2.04. The molecule has 0 spiro atoms. The van der Waals surface area contributed by atoms with Crippen molar-refractivity contribution in [1.29, 1.82) is 0 Å². The molecular formula is C15H17N5. The number of rotatable bonds is 4. The van der Waals surface area contributed by atoms with E-state index in [0.717, 1.165) is 22.8 Å². The van der Waals surface area contributed by atoms with Crippen LogP contribution < -0.4 is 0 Å². The number of aromatic nitrogens is 5. The van der Waals surface area contributed by atoms with Crippen molar-refractivity contribution >= 4 is 0 Å². The monoisotopic (exact) mass is 267 g/mol. The zero-order chi connectivity index (χ0) is 13.9. The van der Waals surface area contributed by atoms with Gasteiger partial charge in [-0.25, -0.2) is 0 Å². The van der Waals surface area contributed by atoms with Crippen LogP contribution in [0.15, 0.2) is 42.7 Å². The van der Waals surface area contributed by atoms with Crippen LogP contribution in [0, 0.1) is 13.8 Å². The van der Waals surface area contributed by atoms with E-state index < -0.39 is 0 Å². The topological polar surface area (TPSA) is 48.5 Å². The molecule has 0 unspecified atom stereocenters. The first-order valence-corrected chi connectivity index (χ1v) is 6.64. The largest absolute Gasteiger partial charge is 0.267 e. The molecule has 0 amide bonds. The minimum absolute atomic E-state index is 0.692. The summed E-state index contributed by atoms with van der Waals surface area (Å²) in [6.07, 6.45) is 3.72. The van der Waals surface area contributed by atoms with E-state index in [1.807, 2.05) is 46.7 Å². The van der Waals surface area contributed by atoms with Crippen molar-refractivity contribution in [3.8, 4) is 0 Å². The van der Waals surface area contributed by atoms with Crippen LogP contribution in [0.5, 0.6) is 0 Å². The molecule has 3 aromatic rings. The van der Waals surface area contributed by atoms with Gasteiger partial charge < -0.3 is 0 Å². The molecule has 0 bridgehead atoms. The average molecular weight is 267 g/mol. The molecule has 20 heavy (non-hydrogen) atoms. The van der Waals surface area contributed by atoms with Crippen molar-refractivity contribution in [2.24, 2.45) is 0 Å². The van der Waals surface area contributed by atoms with Gasteiger partial charge in [-0.15, -0.1) is 0 Å². The predicted molar refractivity (Wildman–Crippen MR) is 76.4 cm³/mol. The lowest BCUT2D eigenvalue weighted by Gasteiger charge is -2.06. The molecule has 0 aliphatic carbocycles. The first kappa shape index (κ1) is 12.6. The van der Waals surface area contributed by atoms with Gasteiger partial charge in [0.1, 0.15) is 0 Å². The molecule has 102 valence electrons. The SMILES string of the molecule is Cc1cc(C)n(Cc2cccc(Cn3cccn3)n2)n1. The van der Waals surface area contributed by atoms with E-state index in [1.54, 1.807) is 6.20 Å². The second kappa shape index (κ2) is 5.28. The van der Waals surface area contributed by atoms with E-state index in [4.69, 9.17) is 0 Å². The number of hydrogen-bond donors (Lipinski definition) is 0. The third-order valence-corrected chi connectivity index (χ3v) is 3.16. The number of nitrogens with zero attached hydrogens (tertiary/aromatic N) is 5. The summed E-state index contributed by atoms with van der Waals surface area (Å²) in [5, 5.41) is 8.67. The fourth-order valence-electron chi connectivity index (χ4n) is 2.25. The molecule has 0 aliphatic rings. The van der Waals surface area contributed by atoms with Gasteiger partial charge in [-0.05, 0) is 38.1 Å². The van der Waals surface area contributed by atoms with Crippen molar-refractivity contribution in [3.05, 3.63) is 65.5 Å². The fourth-order valence-corrected chi connectivity index (χ4v) is 2.25. The smallest absolute Gasteiger partial charge is 0.0834 e. The van der Waals surface area contributed by atoms with Crippen LogP contribution in [0.25, 0.3) is 0 Å². The van der Waals surface area contributed by atoms with Crippen LogP contribution in [0.1, 0.15) is 22.8 Å². The maximum atomic E-state index is 4.67. The third-order valence-electron chi connectivity index (χ3n) is 3.16. The van der Waals surface area contributed by atoms with Crippen molar-refractivity contribution in [1.82, 2.24) is 24.5 Å². The molecule has 0 fully saturated rings. The van der Waals surface area contributed by atoms with E-state index in [0.29, 0.717) is 13.1 Å². The van der Waals surface area contributed by atoms with Gasteiger partial charge in [0.2, 0.25) is 0 Å². The van der Waals surface area contributed by atoms with E-state index in [-0.39, 0.29) is 0 Å². The van der Waals surface area contributed by atoms with Crippen LogP contribution in [-0.2, 0) is 13.1 Å². The Morgan fingerprint density at radius 3 is 2.50 bits per heavy atom. The van der Waals surface area contributed by atoms with Crippen molar-refractivity contribution < 1.29 is 0 Å². The number of aryl methyl sites for hydroxylation is 2. The minimum Gasteiger partial charge on any atom is -0.267 e. The predicted octanol–water partition coefficient (Wildman–Crippen LogP) is 2.19. The number of pyridine rings is 1. The fraction of sp³-hybridized carbons (Fsp3) is 0.267. The zero-order valence-electron chi connectivity index (χ0n) is 11.7. The lowest BCUT2D eigenvalue weighted by Crippen LogP contribution is -2.08. The van der Waals surface area contributed by atoms with Crippen molar-refractivity contribution in [3.63, 3.8) is 0 Å². The van der Waals surface area contributed by atoms with Gasteiger partial charge in [-0.2, -0.15) is 10.2 Å². The Balaban J connectivity index is 1.79. The lowest BCUT2D eigenvalue weighted by molar-refractivity contribution is 0.632. The maximum Gasteiger partial charge on any atom is 0.0834 e. The summed E-state index contributed by atoms with van der Waals surface area (Å²) in [5.41, 5.74) is 4.21. The highest BCUT2D eigenvalue weighted by molar-refractivity contribution is 5.14. The molecule has 0 aromatic carbocycles. The van der Waals surface area contributed by atoms with Gasteiger partial charge in [0.05, 0.1) is 30.2 Å². The van der Waals surface area contributed by atoms with Crippen LogP contribution in [0.2, 0.25) is 0 Å². The molecule has 0 N–H and O–H groups in total. The maximum absolute atomic E-state index is 4.67. The summed E-state index contributed by atoms with van der Waals surface area (Å²) >= 11 is 0. The highest BCUT2D eigenvalue weighted by Crippen LogP contribution is 2.07. The Labute approximate surface area is 117 Å². The molecule has 0 saturated heterocycles. The Morgan fingerprint density at radius 2 is 1.85 bits per heavy atom. The van der Waals surface area contributed by atoms with Gasteiger partial charge in [-0.3, -0.25) is 14.3 Å². The Morgan fingerprint density at radius 1 is 1.05 bits per heavy atom. The molecule has 5 heteroatoms. The first-order chi connectivity index (χ1) is 9.70.